The highest BCUT2D eigenvalue weighted by Crippen LogP contribution is 2.13. The molecule has 70 valence electrons. The highest BCUT2D eigenvalue weighted by molar-refractivity contribution is 5.23. The molecule has 12 heavy (non-hydrogen) atoms. The summed E-state index contributed by atoms with van der Waals surface area (Å²) in [5, 5.41) is 0. The summed E-state index contributed by atoms with van der Waals surface area (Å²) >= 11 is 0. The molecule has 0 saturated heterocycles. The van der Waals surface area contributed by atoms with Crippen LogP contribution in [0.1, 0.15) is 45.7 Å². The van der Waals surface area contributed by atoms with Crippen molar-refractivity contribution in [2.45, 2.75) is 41.5 Å². The van der Waals surface area contributed by atoms with E-state index < -0.39 is 0 Å². The molecule has 0 nitrogen and oxygen atoms in total. The molecule has 0 atom stereocenters. The maximum absolute atomic E-state index is 2.21. The molecule has 0 fully saturated rings. The van der Waals surface area contributed by atoms with Crippen molar-refractivity contribution in [3.05, 3.63) is 35.4 Å². The second kappa shape index (κ2) is 5.82. The van der Waals surface area contributed by atoms with Gasteiger partial charge in [0.25, 0.3) is 0 Å². The van der Waals surface area contributed by atoms with Gasteiger partial charge in [0.2, 0.25) is 0 Å². The van der Waals surface area contributed by atoms with Crippen molar-refractivity contribution in [3.8, 4) is 0 Å². The Morgan fingerprint density at radius 1 is 0.917 bits per heavy atom. The van der Waals surface area contributed by atoms with Crippen LogP contribution >= 0.6 is 0 Å². The van der Waals surface area contributed by atoms with Crippen LogP contribution < -0.4 is 0 Å². The van der Waals surface area contributed by atoms with Gasteiger partial charge in [0.1, 0.15) is 0 Å². The highest BCUT2D eigenvalue weighted by Gasteiger charge is 1.95. The van der Waals surface area contributed by atoms with E-state index in [9.17, 15) is 0 Å². The van der Waals surface area contributed by atoms with Crippen LogP contribution in [0.3, 0.4) is 0 Å². The summed E-state index contributed by atoms with van der Waals surface area (Å²) in [6, 6.07) is 8.71. The van der Waals surface area contributed by atoms with Crippen molar-refractivity contribution in [1.29, 1.82) is 0 Å². The van der Waals surface area contributed by atoms with Crippen LogP contribution in [-0.4, -0.2) is 0 Å². The van der Waals surface area contributed by atoms with Crippen molar-refractivity contribution in [1.82, 2.24) is 0 Å². The fourth-order valence-electron chi connectivity index (χ4n) is 0.951. The van der Waals surface area contributed by atoms with E-state index in [1.165, 1.54) is 11.1 Å². The second-order valence-electron chi connectivity index (χ2n) is 3.07. The lowest BCUT2D eigenvalue weighted by atomic mass is 10.0. The molecule has 0 aromatic heterocycles. The summed E-state index contributed by atoms with van der Waals surface area (Å²) in [7, 11) is 0. The van der Waals surface area contributed by atoms with E-state index >= 15 is 0 Å². The highest BCUT2D eigenvalue weighted by atomic mass is 14.0. The smallest absolute Gasteiger partial charge is 0.0219 e. The van der Waals surface area contributed by atoms with Crippen LogP contribution in [0, 0.1) is 6.92 Å². The number of rotatable bonds is 1. The standard InChI is InChI=1S/C10H14.2CH4/c1-8(2)10-6-4-9(3)5-7-10;;/h4-8H,1-3H3;2*1H4. The van der Waals surface area contributed by atoms with Crippen LogP contribution in [0.15, 0.2) is 24.3 Å². The van der Waals surface area contributed by atoms with Crippen LogP contribution in [0.4, 0.5) is 0 Å². The Morgan fingerprint density at radius 3 is 1.67 bits per heavy atom. The predicted octanol–water partition coefficient (Wildman–Crippen LogP) is 4.39. The van der Waals surface area contributed by atoms with Crippen LogP contribution in [-0.2, 0) is 0 Å². The number of aryl methyl sites for hydroxylation is 1. The molecule has 0 spiro atoms. The molecule has 0 unspecified atom stereocenters. The molecule has 0 heteroatoms. The molecule has 0 bridgehead atoms. The largest absolute Gasteiger partial charge is 0.0776 e. The Hall–Kier alpha value is -0.780. The van der Waals surface area contributed by atoms with E-state index in [-0.39, 0.29) is 14.9 Å². The van der Waals surface area contributed by atoms with E-state index in [1.54, 1.807) is 0 Å². The van der Waals surface area contributed by atoms with Gasteiger partial charge in [-0.25, -0.2) is 0 Å². The molecule has 0 radical (unpaired) electrons. The molecule has 0 aliphatic carbocycles. The number of hydrogen-bond donors (Lipinski definition) is 0. The summed E-state index contributed by atoms with van der Waals surface area (Å²) in [5.41, 5.74) is 2.76. The zero-order chi connectivity index (χ0) is 7.56. The van der Waals surface area contributed by atoms with Gasteiger partial charge in [-0.3, -0.25) is 0 Å². The fraction of sp³-hybridized carbons (Fsp3) is 0.500. The van der Waals surface area contributed by atoms with Gasteiger partial charge in [0.05, 0.1) is 0 Å². The minimum atomic E-state index is 0. The van der Waals surface area contributed by atoms with Crippen molar-refractivity contribution in [3.63, 3.8) is 0 Å². The minimum absolute atomic E-state index is 0. The van der Waals surface area contributed by atoms with E-state index in [0.717, 1.165) is 0 Å². The Labute approximate surface area is 77.6 Å². The third kappa shape index (κ3) is 3.56. The number of hydrogen-bond acceptors (Lipinski definition) is 0. The summed E-state index contributed by atoms with van der Waals surface area (Å²) in [6.45, 7) is 6.54. The van der Waals surface area contributed by atoms with Gasteiger partial charge < -0.3 is 0 Å². The lowest BCUT2D eigenvalue weighted by Crippen LogP contribution is -1.85. The molecule has 0 N–H and O–H groups in total. The zero-order valence-corrected chi connectivity index (χ0v) is 6.89. The monoisotopic (exact) mass is 166 g/mol. The van der Waals surface area contributed by atoms with Gasteiger partial charge in [-0.15, -0.1) is 0 Å². The Morgan fingerprint density at radius 2 is 1.33 bits per heavy atom. The van der Waals surface area contributed by atoms with E-state index in [0.29, 0.717) is 5.92 Å². The fourth-order valence-corrected chi connectivity index (χ4v) is 0.951. The SMILES string of the molecule is C.C.Cc1ccc(C(C)C)cc1. The molecular weight excluding hydrogens is 144 g/mol. The summed E-state index contributed by atoms with van der Waals surface area (Å²) in [4.78, 5) is 0. The number of benzene rings is 1. The first-order valence-electron chi connectivity index (χ1n) is 3.76. The summed E-state index contributed by atoms with van der Waals surface area (Å²) < 4.78 is 0. The molecular formula is C12H22. The first-order chi connectivity index (χ1) is 4.70. The third-order valence-corrected chi connectivity index (χ3v) is 1.74. The van der Waals surface area contributed by atoms with Gasteiger partial charge in [-0.05, 0) is 18.4 Å². The molecule has 0 aliphatic rings. The van der Waals surface area contributed by atoms with Crippen molar-refractivity contribution in [2.75, 3.05) is 0 Å². The van der Waals surface area contributed by atoms with Crippen LogP contribution in [0.25, 0.3) is 0 Å². The molecule has 0 amide bonds. The quantitative estimate of drug-likeness (QED) is 0.580. The first kappa shape index (κ1) is 13.8. The van der Waals surface area contributed by atoms with E-state index in [4.69, 9.17) is 0 Å². The molecule has 0 saturated carbocycles. The average Bonchev–Trinajstić information content (AvgIpc) is 1.88. The van der Waals surface area contributed by atoms with Crippen LogP contribution in [0.5, 0.6) is 0 Å². The topological polar surface area (TPSA) is 0 Å². The Kier molecular flexibility index (Phi) is 6.68. The minimum Gasteiger partial charge on any atom is -0.0776 e. The molecule has 0 heterocycles. The summed E-state index contributed by atoms with van der Waals surface area (Å²) in [6.07, 6.45) is 0. The van der Waals surface area contributed by atoms with Gasteiger partial charge in [-0.2, -0.15) is 0 Å². The third-order valence-electron chi connectivity index (χ3n) is 1.74. The lowest BCUT2D eigenvalue weighted by molar-refractivity contribution is 0.866. The predicted molar refractivity (Wildman–Crippen MR) is 58.7 cm³/mol. The molecule has 1 rings (SSSR count). The van der Waals surface area contributed by atoms with E-state index in [1.807, 2.05) is 0 Å². The zero-order valence-electron chi connectivity index (χ0n) is 6.89. The average molecular weight is 166 g/mol. The Bertz CT molecular complexity index is 194. The molecule has 1 aromatic rings. The normalized spacial score (nSPS) is 8.67. The first-order valence-corrected chi connectivity index (χ1v) is 3.76. The van der Waals surface area contributed by atoms with Crippen molar-refractivity contribution >= 4 is 0 Å². The Balaban J connectivity index is 0. The van der Waals surface area contributed by atoms with Gasteiger partial charge >= 0.3 is 0 Å². The van der Waals surface area contributed by atoms with Gasteiger partial charge in [0, 0.05) is 0 Å². The maximum Gasteiger partial charge on any atom is -0.0219 e. The second-order valence-corrected chi connectivity index (χ2v) is 3.07. The summed E-state index contributed by atoms with van der Waals surface area (Å²) in [5.74, 6) is 0.653. The maximum atomic E-state index is 2.21. The van der Waals surface area contributed by atoms with E-state index in [2.05, 4.69) is 45.0 Å². The van der Waals surface area contributed by atoms with Gasteiger partial charge in [0.15, 0.2) is 0 Å². The lowest BCUT2D eigenvalue weighted by Gasteiger charge is -2.03. The van der Waals surface area contributed by atoms with Crippen molar-refractivity contribution < 1.29 is 0 Å². The molecule has 0 aliphatic heterocycles. The van der Waals surface area contributed by atoms with Gasteiger partial charge in [-0.1, -0.05) is 58.5 Å². The molecule has 1 aromatic carbocycles. The van der Waals surface area contributed by atoms with Crippen molar-refractivity contribution in [2.24, 2.45) is 0 Å². The van der Waals surface area contributed by atoms with Crippen LogP contribution in [0.2, 0.25) is 0 Å².